The maximum absolute atomic E-state index is 13.3. The van der Waals surface area contributed by atoms with Crippen molar-refractivity contribution in [3.05, 3.63) is 24.3 Å². The van der Waals surface area contributed by atoms with Crippen molar-refractivity contribution in [2.45, 2.75) is 186 Å². The van der Waals surface area contributed by atoms with Gasteiger partial charge in [-0.2, -0.15) is 43.9 Å². The van der Waals surface area contributed by atoms with Crippen molar-refractivity contribution in [2.24, 2.45) is 11.8 Å². The van der Waals surface area contributed by atoms with Gasteiger partial charge in [-0.05, 0) is 90.1 Å². The van der Waals surface area contributed by atoms with E-state index in [2.05, 4.69) is 36.1 Å². The summed E-state index contributed by atoms with van der Waals surface area (Å²) in [6, 6.07) is 0. The number of hydrogen-bond acceptors (Lipinski definition) is 10. The van der Waals surface area contributed by atoms with Crippen LogP contribution in [0, 0.1) is 11.8 Å². The van der Waals surface area contributed by atoms with Gasteiger partial charge in [0, 0.05) is 51.4 Å². The molecule has 392 valence electrons. The first-order valence-electron chi connectivity index (χ1n) is 24.0. The van der Waals surface area contributed by atoms with E-state index < -0.39 is 99.8 Å². The van der Waals surface area contributed by atoms with E-state index >= 15 is 0 Å². The topological polar surface area (TPSA) is 110 Å². The molecule has 67 heavy (non-hydrogen) atoms. The molecule has 1 rings (SSSR count). The maximum atomic E-state index is 13.3. The lowest BCUT2D eigenvalue weighted by Crippen LogP contribution is -2.37. The fraction of sp³-hybridized carbons (Fsp3) is 0.851. The van der Waals surface area contributed by atoms with E-state index in [1.165, 1.54) is 19.3 Å². The van der Waals surface area contributed by atoms with Crippen LogP contribution in [0.1, 0.15) is 155 Å². The zero-order valence-electron chi connectivity index (χ0n) is 39.4. The molecule has 0 aliphatic carbocycles. The highest BCUT2D eigenvalue weighted by molar-refractivity contribution is 5.69. The molecule has 1 saturated heterocycles. The Balaban J connectivity index is 2.70. The normalized spacial score (nSPS) is 16.0. The average Bonchev–Trinajstić information content (AvgIpc) is 3.27. The molecule has 10 nitrogen and oxygen atoms in total. The van der Waals surface area contributed by atoms with Gasteiger partial charge in [0.1, 0.15) is 19.8 Å². The number of carbonyl (C=O) groups is 3. The monoisotopic (exact) mass is 988 g/mol. The van der Waals surface area contributed by atoms with Crippen LogP contribution in [-0.2, 0) is 38.0 Å². The second kappa shape index (κ2) is 35.0. The molecule has 0 aromatic heterocycles. The Morgan fingerprint density at radius 1 is 0.612 bits per heavy atom. The standard InChI is InChI=1S/C47H75F10NO9/c1-3-5-6-7-8-9-10-11-12-13-14-15-16-17-18-25-40(59)64-35-39(37-67-43(61)66-34-38-24-23-30-58(4-2)33-38)36-65-41(60)26-27-42(62-31-21-19-28-44(48,49)46(52,53)54)63-32-22-20-29-45(50,51)47(55,56)57/h8-9,11-12,38-39,42H,3-7,10,13-37H2,1-2H3/b9-8-,12-11-. The van der Waals surface area contributed by atoms with Gasteiger partial charge >= 0.3 is 42.3 Å². The lowest BCUT2D eigenvalue weighted by Gasteiger charge is -2.31. The van der Waals surface area contributed by atoms with Gasteiger partial charge in [-0.3, -0.25) is 9.59 Å². The minimum atomic E-state index is -5.74. The Bertz CT molecular complexity index is 1350. The minimum absolute atomic E-state index is 0.128. The third kappa shape index (κ3) is 30.9. The number of nitrogens with zero attached hydrogens (tertiary/aromatic N) is 1. The van der Waals surface area contributed by atoms with Gasteiger partial charge in [-0.1, -0.05) is 70.3 Å². The molecule has 2 atom stereocenters. The van der Waals surface area contributed by atoms with Crippen LogP contribution in [0.2, 0.25) is 0 Å². The second-order valence-electron chi connectivity index (χ2n) is 17.0. The average molecular weight is 988 g/mol. The van der Waals surface area contributed by atoms with E-state index in [9.17, 15) is 58.3 Å². The molecule has 0 N–H and O–H groups in total. The van der Waals surface area contributed by atoms with Gasteiger partial charge in [0.25, 0.3) is 0 Å². The lowest BCUT2D eigenvalue weighted by atomic mass is 9.99. The molecule has 0 aromatic carbocycles. The summed E-state index contributed by atoms with van der Waals surface area (Å²) in [5.74, 6) is -11.9. The smallest absolute Gasteiger partial charge is 0.465 e. The van der Waals surface area contributed by atoms with E-state index in [4.69, 9.17) is 28.4 Å². The quantitative estimate of drug-likeness (QED) is 0.0148. The van der Waals surface area contributed by atoms with Crippen LogP contribution >= 0.6 is 0 Å². The minimum Gasteiger partial charge on any atom is -0.465 e. The fourth-order valence-corrected chi connectivity index (χ4v) is 6.84. The van der Waals surface area contributed by atoms with Crippen LogP contribution in [0.3, 0.4) is 0 Å². The summed E-state index contributed by atoms with van der Waals surface area (Å²) in [7, 11) is 0. The van der Waals surface area contributed by atoms with Gasteiger partial charge in [0.15, 0.2) is 6.29 Å². The molecular formula is C47H75F10NO9. The number of likely N-dealkylation sites (tertiary alicyclic amines) is 1. The molecule has 0 spiro atoms. The van der Waals surface area contributed by atoms with E-state index in [1.54, 1.807) is 0 Å². The fourth-order valence-electron chi connectivity index (χ4n) is 6.84. The molecule has 2 unspecified atom stereocenters. The largest absolute Gasteiger partial charge is 0.508 e. The number of carbonyl (C=O) groups excluding carboxylic acids is 3. The van der Waals surface area contributed by atoms with Crippen molar-refractivity contribution in [2.75, 3.05) is 59.3 Å². The predicted octanol–water partition coefficient (Wildman–Crippen LogP) is 13.3. The molecular weight excluding hydrogens is 912 g/mol. The van der Waals surface area contributed by atoms with Crippen molar-refractivity contribution in [3.8, 4) is 0 Å². The molecule has 0 saturated carbocycles. The van der Waals surface area contributed by atoms with Crippen molar-refractivity contribution in [1.29, 1.82) is 0 Å². The molecule has 0 bridgehead atoms. The van der Waals surface area contributed by atoms with Crippen molar-refractivity contribution < 1.29 is 86.7 Å². The Kier molecular flexibility index (Phi) is 32.4. The summed E-state index contributed by atoms with van der Waals surface area (Å²) in [6.07, 6.45) is 2.56. The van der Waals surface area contributed by atoms with Crippen LogP contribution in [0.15, 0.2) is 24.3 Å². The number of hydrogen-bond donors (Lipinski definition) is 0. The van der Waals surface area contributed by atoms with Gasteiger partial charge in [-0.15, -0.1) is 0 Å². The summed E-state index contributed by atoms with van der Waals surface area (Å²) in [5.41, 5.74) is 0. The first-order valence-corrected chi connectivity index (χ1v) is 24.0. The second-order valence-corrected chi connectivity index (χ2v) is 17.0. The summed E-state index contributed by atoms with van der Waals surface area (Å²) >= 11 is 0. The third-order valence-electron chi connectivity index (χ3n) is 11.0. The van der Waals surface area contributed by atoms with Crippen molar-refractivity contribution >= 4 is 18.1 Å². The summed E-state index contributed by atoms with van der Waals surface area (Å²) in [6.45, 7) is 5.15. The molecule has 1 aliphatic rings. The summed E-state index contributed by atoms with van der Waals surface area (Å²) < 4.78 is 160. The van der Waals surface area contributed by atoms with E-state index in [-0.39, 0.29) is 58.0 Å². The molecule has 1 heterocycles. The Morgan fingerprint density at radius 3 is 1.69 bits per heavy atom. The molecule has 1 fully saturated rings. The zero-order chi connectivity index (χ0) is 50.0. The first kappa shape index (κ1) is 61.9. The van der Waals surface area contributed by atoms with E-state index in [0.29, 0.717) is 6.42 Å². The van der Waals surface area contributed by atoms with Crippen LogP contribution in [0.25, 0.3) is 0 Å². The van der Waals surface area contributed by atoms with Crippen molar-refractivity contribution in [3.63, 3.8) is 0 Å². The Hall–Kier alpha value is -3.13. The number of unbranched alkanes of at least 4 members (excludes halogenated alkanes) is 10. The number of esters is 2. The maximum Gasteiger partial charge on any atom is 0.508 e. The number of alkyl halides is 10. The number of rotatable bonds is 38. The number of piperidine rings is 1. The third-order valence-corrected chi connectivity index (χ3v) is 11.0. The molecule has 0 aromatic rings. The highest BCUT2D eigenvalue weighted by Crippen LogP contribution is 2.40. The highest BCUT2D eigenvalue weighted by Gasteiger charge is 2.57. The SMILES string of the molecule is CCCCC/C=C\C/C=C\CCCCCCCC(=O)OCC(COC(=O)CCC(OCCCCC(F)(F)C(F)(F)F)OCCCCC(F)(F)C(F)(F)F)COC(=O)OCC1CCCN(CC)C1. The first-order chi connectivity index (χ1) is 31.7. The van der Waals surface area contributed by atoms with Gasteiger partial charge < -0.3 is 33.3 Å². The van der Waals surface area contributed by atoms with Crippen LogP contribution in [0.4, 0.5) is 48.7 Å². The molecule has 0 radical (unpaired) electrons. The van der Waals surface area contributed by atoms with Crippen LogP contribution in [-0.4, -0.2) is 113 Å². The zero-order valence-corrected chi connectivity index (χ0v) is 39.4. The van der Waals surface area contributed by atoms with E-state index in [0.717, 1.165) is 77.4 Å². The van der Waals surface area contributed by atoms with E-state index in [1.807, 2.05) is 6.92 Å². The number of ether oxygens (including phenoxy) is 6. The van der Waals surface area contributed by atoms with Gasteiger partial charge in [0.2, 0.25) is 0 Å². The van der Waals surface area contributed by atoms with Crippen LogP contribution in [0.5, 0.6) is 0 Å². The molecule has 1 aliphatic heterocycles. The summed E-state index contributed by atoms with van der Waals surface area (Å²) in [5, 5.41) is 0. The van der Waals surface area contributed by atoms with Gasteiger partial charge in [0.05, 0.1) is 18.9 Å². The molecule has 0 amide bonds. The Morgan fingerprint density at radius 2 is 1.13 bits per heavy atom. The number of halogens is 10. The summed E-state index contributed by atoms with van der Waals surface area (Å²) in [4.78, 5) is 40.2. The lowest BCUT2D eigenvalue weighted by molar-refractivity contribution is -0.285. The van der Waals surface area contributed by atoms with Crippen LogP contribution < -0.4 is 0 Å². The highest BCUT2D eigenvalue weighted by atomic mass is 19.4. The van der Waals surface area contributed by atoms with Crippen molar-refractivity contribution in [1.82, 2.24) is 4.90 Å². The van der Waals surface area contributed by atoms with Gasteiger partial charge in [-0.25, -0.2) is 4.79 Å². The predicted molar refractivity (Wildman–Crippen MR) is 232 cm³/mol. The number of allylic oxidation sites excluding steroid dienone is 4. The Labute approximate surface area is 390 Å². The molecule has 20 heteroatoms.